The van der Waals surface area contributed by atoms with E-state index >= 15 is 0 Å². The van der Waals surface area contributed by atoms with Gasteiger partial charge >= 0.3 is 0 Å². The first-order chi connectivity index (χ1) is 6.20. The Morgan fingerprint density at radius 1 is 1.69 bits per heavy atom. The number of nitrogens with two attached hydrogens (primary N) is 1. The molecule has 0 spiro atoms. The molecule has 13 heavy (non-hydrogen) atoms. The first-order valence-corrected chi connectivity index (χ1v) is 4.07. The third-order valence-electron chi connectivity index (χ3n) is 2.20. The Hall–Kier alpha value is -1.77. The van der Waals surface area contributed by atoms with E-state index in [1.165, 1.54) is 0 Å². The van der Waals surface area contributed by atoms with Gasteiger partial charge in [0.1, 0.15) is 5.65 Å². The van der Waals surface area contributed by atoms with E-state index in [9.17, 15) is 0 Å². The van der Waals surface area contributed by atoms with Gasteiger partial charge in [-0.2, -0.15) is 0 Å². The summed E-state index contributed by atoms with van der Waals surface area (Å²) in [6.45, 7) is 5.72. The summed E-state index contributed by atoms with van der Waals surface area (Å²) in [5.41, 5.74) is 9.13. The molecule has 0 unspecified atom stereocenters. The van der Waals surface area contributed by atoms with Crippen LogP contribution in [0.2, 0.25) is 0 Å². The van der Waals surface area contributed by atoms with Crippen molar-refractivity contribution in [3.05, 3.63) is 36.2 Å². The van der Waals surface area contributed by atoms with Crippen LogP contribution in [0.3, 0.4) is 0 Å². The molecule has 0 radical (unpaired) electrons. The minimum absolute atomic E-state index is 0. The average Bonchev–Trinajstić information content (AvgIpc) is 2.52. The van der Waals surface area contributed by atoms with Crippen molar-refractivity contribution in [3.8, 4) is 0 Å². The normalized spacial score (nSPS) is 10.5. The number of aromatic amines is 1. The van der Waals surface area contributed by atoms with E-state index in [2.05, 4.69) is 16.5 Å². The number of pyridine rings is 1. The summed E-state index contributed by atoms with van der Waals surface area (Å²) in [7, 11) is 0. The molecule has 0 saturated heterocycles. The fourth-order valence-corrected chi connectivity index (χ4v) is 1.46. The van der Waals surface area contributed by atoms with Crippen molar-refractivity contribution in [2.24, 2.45) is 5.73 Å². The van der Waals surface area contributed by atoms with E-state index in [0.29, 0.717) is 5.70 Å². The molecule has 0 saturated carbocycles. The lowest BCUT2D eigenvalue weighted by Gasteiger charge is -2.04. The topological polar surface area (TPSA) is 54.7 Å². The van der Waals surface area contributed by atoms with Crippen LogP contribution in [0, 0.1) is 6.92 Å². The molecule has 0 bridgehead atoms. The van der Waals surface area contributed by atoms with Crippen molar-refractivity contribution >= 4 is 16.7 Å². The average molecular weight is 177 g/mol. The van der Waals surface area contributed by atoms with E-state index in [0.717, 1.165) is 22.2 Å². The number of hydrogen-bond donors (Lipinski definition) is 2. The molecule has 0 atom stereocenters. The highest BCUT2D eigenvalue weighted by Crippen LogP contribution is 2.20. The number of H-pyrrole nitrogens is 1. The molecule has 0 aliphatic heterocycles. The van der Waals surface area contributed by atoms with E-state index in [-0.39, 0.29) is 2.85 Å². The van der Waals surface area contributed by atoms with Crippen molar-refractivity contribution < 1.29 is 2.85 Å². The molecular weight excluding hydrogens is 162 g/mol. The number of nitrogens with one attached hydrogen (secondary N) is 1. The molecule has 0 aliphatic rings. The van der Waals surface area contributed by atoms with Gasteiger partial charge < -0.3 is 10.7 Å². The number of aromatic nitrogens is 2. The molecule has 3 heteroatoms. The maximum absolute atomic E-state index is 5.63. The van der Waals surface area contributed by atoms with E-state index in [1.54, 1.807) is 6.20 Å². The zero-order valence-electron chi connectivity index (χ0n) is 7.46. The minimum atomic E-state index is 0. The van der Waals surface area contributed by atoms with Crippen LogP contribution in [-0.2, 0) is 0 Å². The molecule has 0 aromatic carbocycles. The zero-order valence-corrected chi connectivity index (χ0v) is 7.46. The van der Waals surface area contributed by atoms with E-state index in [1.807, 2.05) is 19.2 Å². The quantitative estimate of drug-likeness (QED) is 0.702. The lowest BCUT2D eigenvalue weighted by molar-refractivity contribution is 1.28. The van der Waals surface area contributed by atoms with Crippen LogP contribution in [0.1, 0.15) is 14.0 Å². The van der Waals surface area contributed by atoms with Gasteiger partial charge in [0.25, 0.3) is 0 Å². The van der Waals surface area contributed by atoms with E-state index in [4.69, 9.17) is 5.73 Å². The first-order valence-electron chi connectivity index (χ1n) is 4.07. The van der Waals surface area contributed by atoms with Gasteiger partial charge in [-0.3, -0.25) is 0 Å². The van der Waals surface area contributed by atoms with Gasteiger partial charge in [0.15, 0.2) is 0 Å². The fourth-order valence-electron chi connectivity index (χ4n) is 1.46. The maximum Gasteiger partial charge on any atom is 0.137 e. The van der Waals surface area contributed by atoms with Gasteiger partial charge in [0, 0.05) is 31.9 Å². The molecule has 2 heterocycles. The Balaban J connectivity index is 0.000000980. The Bertz CT molecular complexity index is 476. The summed E-state index contributed by atoms with van der Waals surface area (Å²) in [5.74, 6) is 0. The highest BCUT2D eigenvalue weighted by Gasteiger charge is 2.05. The Morgan fingerprint density at radius 2 is 2.46 bits per heavy atom. The molecule has 2 aromatic rings. The molecule has 3 nitrogen and oxygen atoms in total. The van der Waals surface area contributed by atoms with Crippen molar-refractivity contribution in [2.75, 3.05) is 0 Å². The van der Waals surface area contributed by atoms with Gasteiger partial charge in [-0.15, -0.1) is 0 Å². The summed E-state index contributed by atoms with van der Waals surface area (Å²) < 4.78 is 0. The third kappa shape index (κ3) is 1.09. The number of aryl methyl sites for hydroxylation is 1. The smallest absolute Gasteiger partial charge is 0.137 e. The van der Waals surface area contributed by atoms with Crippen LogP contribution in [-0.4, -0.2) is 9.97 Å². The first kappa shape index (κ1) is 7.86. The van der Waals surface area contributed by atoms with Gasteiger partial charge in [-0.05, 0) is 18.6 Å². The Morgan fingerprint density at radius 3 is 3.15 bits per heavy atom. The number of rotatable bonds is 1. The van der Waals surface area contributed by atoms with Gasteiger partial charge in [0.05, 0.1) is 0 Å². The van der Waals surface area contributed by atoms with Crippen LogP contribution in [0.15, 0.2) is 25.0 Å². The van der Waals surface area contributed by atoms with Crippen LogP contribution >= 0.6 is 0 Å². The lowest BCUT2D eigenvalue weighted by Crippen LogP contribution is -1.98. The highest BCUT2D eigenvalue weighted by molar-refractivity contribution is 5.84. The van der Waals surface area contributed by atoms with E-state index < -0.39 is 0 Å². The second kappa shape index (κ2) is 2.62. The maximum atomic E-state index is 5.63. The second-order valence-corrected chi connectivity index (χ2v) is 3.06. The number of fused-ring (bicyclic) bond motifs is 1. The molecule has 2 aromatic heterocycles. The molecule has 2 rings (SSSR count). The monoisotopic (exact) mass is 177 g/mol. The fraction of sp³-hybridized carbons (Fsp3) is 0.100. The SMILES string of the molecule is C=C(N)c1cnc2[nH]ccc2c1C.[HH].[HH]. The summed E-state index contributed by atoms with van der Waals surface area (Å²) in [6.07, 6.45) is 3.62. The zero-order chi connectivity index (χ0) is 9.42. The standard InChI is InChI=1S/C10H11N3.2H2/c1-6-8-3-4-12-10(8)13-5-9(6)7(2)11;;/h3-5H,2,11H2,1H3,(H,12,13);2*1H. The van der Waals surface area contributed by atoms with Crippen LogP contribution < -0.4 is 5.73 Å². The van der Waals surface area contributed by atoms with Gasteiger partial charge in [-0.25, -0.2) is 4.98 Å². The largest absolute Gasteiger partial charge is 0.399 e. The molecular formula is C10H15N3. The van der Waals surface area contributed by atoms with Crippen LogP contribution in [0.25, 0.3) is 16.7 Å². The Labute approximate surface area is 79.3 Å². The van der Waals surface area contributed by atoms with Crippen LogP contribution in [0.5, 0.6) is 0 Å². The summed E-state index contributed by atoms with van der Waals surface area (Å²) in [4.78, 5) is 7.27. The van der Waals surface area contributed by atoms with Crippen LogP contribution in [0.4, 0.5) is 0 Å². The predicted octanol–water partition coefficient (Wildman–Crippen LogP) is 2.29. The Kier molecular flexibility index (Phi) is 1.59. The van der Waals surface area contributed by atoms with Crippen molar-refractivity contribution in [1.29, 1.82) is 0 Å². The van der Waals surface area contributed by atoms with Crippen molar-refractivity contribution in [1.82, 2.24) is 9.97 Å². The predicted molar refractivity (Wildman–Crippen MR) is 58.3 cm³/mol. The third-order valence-corrected chi connectivity index (χ3v) is 2.20. The summed E-state index contributed by atoms with van der Waals surface area (Å²) in [5, 5.41) is 1.10. The lowest BCUT2D eigenvalue weighted by atomic mass is 10.1. The molecule has 0 fully saturated rings. The second-order valence-electron chi connectivity index (χ2n) is 3.06. The molecule has 0 aliphatic carbocycles. The molecule has 3 N–H and O–H groups in total. The van der Waals surface area contributed by atoms with Gasteiger partial charge in [-0.1, -0.05) is 6.58 Å². The van der Waals surface area contributed by atoms with Gasteiger partial charge in [0.2, 0.25) is 0 Å². The highest BCUT2D eigenvalue weighted by atomic mass is 14.8. The van der Waals surface area contributed by atoms with Crippen molar-refractivity contribution in [2.45, 2.75) is 6.92 Å². The molecule has 70 valence electrons. The molecule has 0 amide bonds. The summed E-state index contributed by atoms with van der Waals surface area (Å²) in [6, 6.07) is 1.99. The summed E-state index contributed by atoms with van der Waals surface area (Å²) >= 11 is 0. The van der Waals surface area contributed by atoms with Crippen molar-refractivity contribution in [3.63, 3.8) is 0 Å². The number of hydrogen-bond acceptors (Lipinski definition) is 2. The number of nitrogens with zero attached hydrogens (tertiary/aromatic N) is 1. The minimum Gasteiger partial charge on any atom is -0.399 e.